The normalized spacial score (nSPS) is 17.0. The van der Waals surface area contributed by atoms with Gasteiger partial charge in [-0.2, -0.15) is 0 Å². The van der Waals surface area contributed by atoms with Gasteiger partial charge in [0.2, 0.25) is 0 Å². The molecule has 25 heavy (non-hydrogen) atoms. The number of fused-ring (bicyclic) bond motifs is 1. The van der Waals surface area contributed by atoms with E-state index in [1.54, 1.807) is 17.0 Å². The summed E-state index contributed by atoms with van der Waals surface area (Å²) in [6, 6.07) is 8.05. The topological polar surface area (TPSA) is 52.6 Å². The van der Waals surface area contributed by atoms with E-state index in [0.717, 1.165) is 31.7 Å². The van der Waals surface area contributed by atoms with Gasteiger partial charge in [0.15, 0.2) is 11.5 Å². The van der Waals surface area contributed by atoms with Crippen molar-refractivity contribution >= 4 is 23.1 Å². The largest absolute Gasteiger partial charge is 0.371 e. The summed E-state index contributed by atoms with van der Waals surface area (Å²) in [6.45, 7) is 3.14. The number of likely N-dealkylation sites (N-methyl/N-ethyl adjacent to an activating group) is 1. The van der Waals surface area contributed by atoms with Crippen LogP contribution >= 0.6 is 0 Å². The number of anilines is 3. The molecule has 0 bridgehead atoms. The predicted octanol–water partition coefficient (Wildman–Crippen LogP) is 2.31. The highest BCUT2D eigenvalue weighted by Crippen LogP contribution is 2.33. The molecule has 2 aromatic rings. The Kier molecular flexibility index (Phi) is 3.99. The van der Waals surface area contributed by atoms with Crippen LogP contribution in [0.3, 0.4) is 0 Å². The van der Waals surface area contributed by atoms with Gasteiger partial charge in [-0.1, -0.05) is 0 Å². The zero-order valence-electron chi connectivity index (χ0n) is 14.2. The average Bonchev–Trinajstić information content (AvgIpc) is 3.17. The highest BCUT2D eigenvalue weighted by molar-refractivity contribution is 6.07. The number of carbonyl (C=O) groups excluding carboxylic acids is 1. The van der Waals surface area contributed by atoms with E-state index in [1.165, 1.54) is 12.1 Å². The lowest BCUT2D eigenvalue weighted by Gasteiger charge is -2.35. The van der Waals surface area contributed by atoms with Crippen molar-refractivity contribution in [1.82, 2.24) is 10.2 Å². The van der Waals surface area contributed by atoms with Gasteiger partial charge in [0.1, 0.15) is 5.82 Å². The standard InChI is InChI=1S/C18H20FN5O/c1-22-10-11-24(15-6-4-13(19)12-16(15)22)18(25)14-5-7-17(21-20-14)23-8-2-3-9-23/h4-7,12H,2-3,8-11H2,1H3. The Morgan fingerprint density at radius 1 is 1.00 bits per heavy atom. The van der Waals surface area contributed by atoms with Gasteiger partial charge in [0.05, 0.1) is 11.4 Å². The lowest BCUT2D eigenvalue weighted by Crippen LogP contribution is -2.43. The number of nitrogens with zero attached hydrogens (tertiary/aromatic N) is 5. The number of benzene rings is 1. The quantitative estimate of drug-likeness (QED) is 0.839. The maximum absolute atomic E-state index is 13.6. The Morgan fingerprint density at radius 3 is 2.52 bits per heavy atom. The second-order valence-electron chi connectivity index (χ2n) is 6.48. The summed E-state index contributed by atoms with van der Waals surface area (Å²) >= 11 is 0. The van der Waals surface area contributed by atoms with Gasteiger partial charge in [-0.25, -0.2) is 4.39 Å². The molecule has 1 fully saturated rings. The van der Waals surface area contributed by atoms with Gasteiger partial charge in [-0.05, 0) is 43.2 Å². The molecule has 0 spiro atoms. The summed E-state index contributed by atoms with van der Waals surface area (Å²) in [5.41, 5.74) is 1.72. The number of halogens is 1. The van der Waals surface area contributed by atoms with Crippen molar-refractivity contribution in [3.05, 3.63) is 41.8 Å². The minimum absolute atomic E-state index is 0.207. The van der Waals surface area contributed by atoms with Crippen LogP contribution in [0.4, 0.5) is 21.6 Å². The maximum atomic E-state index is 13.6. The van der Waals surface area contributed by atoms with Crippen LogP contribution in [-0.2, 0) is 0 Å². The van der Waals surface area contributed by atoms with Gasteiger partial charge in [-0.3, -0.25) is 4.79 Å². The number of carbonyl (C=O) groups is 1. The smallest absolute Gasteiger partial charge is 0.278 e. The molecule has 0 saturated carbocycles. The highest BCUT2D eigenvalue weighted by Gasteiger charge is 2.27. The molecule has 7 heteroatoms. The van der Waals surface area contributed by atoms with Gasteiger partial charge in [-0.15, -0.1) is 10.2 Å². The molecule has 130 valence electrons. The van der Waals surface area contributed by atoms with Crippen LogP contribution in [0.1, 0.15) is 23.3 Å². The van der Waals surface area contributed by atoms with Crippen molar-refractivity contribution in [2.45, 2.75) is 12.8 Å². The molecule has 0 N–H and O–H groups in total. The molecule has 0 unspecified atom stereocenters. The van der Waals surface area contributed by atoms with Crippen molar-refractivity contribution in [1.29, 1.82) is 0 Å². The molecule has 4 rings (SSSR count). The van der Waals surface area contributed by atoms with Crippen LogP contribution in [0.5, 0.6) is 0 Å². The molecule has 0 radical (unpaired) electrons. The third-order valence-corrected chi connectivity index (χ3v) is 4.84. The molecule has 1 aromatic heterocycles. The van der Waals surface area contributed by atoms with Gasteiger partial charge >= 0.3 is 0 Å². The third-order valence-electron chi connectivity index (χ3n) is 4.84. The fourth-order valence-corrected chi connectivity index (χ4v) is 3.42. The molecule has 1 aromatic carbocycles. The second-order valence-corrected chi connectivity index (χ2v) is 6.48. The van der Waals surface area contributed by atoms with Gasteiger partial charge in [0, 0.05) is 33.2 Å². The van der Waals surface area contributed by atoms with Crippen LogP contribution in [0.25, 0.3) is 0 Å². The van der Waals surface area contributed by atoms with Gasteiger partial charge in [0.25, 0.3) is 5.91 Å². The number of rotatable bonds is 2. The molecule has 0 atom stereocenters. The van der Waals surface area contributed by atoms with Crippen molar-refractivity contribution in [3.8, 4) is 0 Å². The lowest BCUT2D eigenvalue weighted by molar-refractivity contribution is 0.0981. The van der Waals surface area contributed by atoms with E-state index in [2.05, 4.69) is 15.1 Å². The van der Waals surface area contributed by atoms with Crippen LogP contribution in [-0.4, -0.2) is 49.3 Å². The van der Waals surface area contributed by atoms with Crippen LogP contribution in [0.2, 0.25) is 0 Å². The third kappa shape index (κ3) is 2.90. The molecule has 1 saturated heterocycles. The van der Waals surface area contributed by atoms with E-state index in [0.29, 0.717) is 30.2 Å². The monoisotopic (exact) mass is 341 g/mol. The van der Waals surface area contributed by atoms with Crippen LogP contribution in [0, 0.1) is 5.82 Å². The maximum Gasteiger partial charge on any atom is 0.278 e. The second kappa shape index (κ2) is 6.31. The molecule has 1 amide bonds. The molecular weight excluding hydrogens is 321 g/mol. The minimum Gasteiger partial charge on any atom is -0.371 e. The Balaban J connectivity index is 1.60. The summed E-state index contributed by atoms with van der Waals surface area (Å²) in [4.78, 5) is 18.7. The molecule has 3 heterocycles. The first-order valence-corrected chi connectivity index (χ1v) is 8.55. The van der Waals surface area contributed by atoms with E-state index in [1.807, 2.05) is 18.0 Å². The fraction of sp³-hybridized carbons (Fsp3) is 0.389. The molecule has 0 aliphatic carbocycles. The average molecular weight is 341 g/mol. The summed E-state index contributed by atoms with van der Waals surface area (Å²) in [6.07, 6.45) is 2.33. The number of hydrogen-bond donors (Lipinski definition) is 0. The van der Waals surface area contributed by atoms with Crippen molar-refractivity contribution in [2.75, 3.05) is 47.9 Å². The van der Waals surface area contributed by atoms with Crippen LogP contribution in [0.15, 0.2) is 30.3 Å². The van der Waals surface area contributed by atoms with E-state index >= 15 is 0 Å². The SMILES string of the molecule is CN1CCN(C(=O)c2ccc(N3CCCC3)nn2)c2ccc(F)cc21. The summed E-state index contributed by atoms with van der Waals surface area (Å²) in [5.74, 6) is 0.297. The Bertz CT molecular complexity index is 789. The Labute approximate surface area is 145 Å². The number of amides is 1. The Hall–Kier alpha value is -2.70. The fourth-order valence-electron chi connectivity index (χ4n) is 3.42. The van der Waals surface area contributed by atoms with Gasteiger partial charge < -0.3 is 14.7 Å². The zero-order chi connectivity index (χ0) is 17.4. The summed E-state index contributed by atoms with van der Waals surface area (Å²) in [7, 11) is 1.89. The summed E-state index contributed by atoms with van der Waals surface area (Å²) in [5, 5.41) is 8.36. The molecule has 6 nitrogen and oxygen atoms in total. The number of aromatic nitrogens is 2. The first-order valence-electron chi connectivity index (χ1n) is 8.55. The van der Waals surface area contributed by atoms with E-state index in [-0.39, 0.29) is 11.7 Å². The van der Waals surface area contributed by atoms with Crippen LogP contribution < -0.4 is 14.7 Å². The van der Waals surface area contributed by atoms with E-state index in [9.17, 15) is 9.18 Å². The Morgan fingerprint density at radius 2 is 1.80 bits per heavy atom. The lowest BCUT2D eigenvalue weighted by atomic mass is 10.1. The van der Waals surface area contributed by atoms with Crippen molar-refractivity contribution < 1.29 is 9.18 Å². The van der Waals surface area contributed by atoms with Crippen molar-refractivity contribution in [2.24, 2.45) is 0 Å². The van der Waals surface area contributed by atoms with E-state index in [4.69, 9.17) is 0 Å². The first-order chi connectivity index (χ1) is 12.1. The van der Waals surface area contributed by atoms with E-state index < -0.39 is 0 Å². The van der Waals surface area contributed by atoms with Crippen molar-refractivity contribution in [3.63, 3.8) is 0 Å². The summed E-state index contributed by atoms with van der Waals surface area (Å²) < 4.78 is 13.6. The molecular formula is C18H20FN5O. The number of hydrogen-bond acceptors (Lipinski definition) is 5. The molecule has 2 aliphatic rings. The minimum atomic E-state index is -0.311. The zero-order valence-corrected chi connectivity index (χ0v) is 14.2. The first kappa shape index (κ1) is 15.8. The molecule has 2 aliphatic heterocycles. The highest BCUT2D eigenvalue weighted by atomic mass is 19.1. The predicted molar refractivity (Wildman–Crippen MR) is 94.8 cm³/mol.